The van der Waals surface area contributed by atoms with Crippen molar-refractivity contribution in [1.82, 2.24) is 0 Å². The van der Waals surface area contributed by atoms with Crippen molar-refractivity contribution in [1.29, 1.82) is 0 Å². The Morgan fingerprint density at radius 3 is 2.65 bits per heavy atom. The monoisotopic (exact) mass is 228 g/mol. The van der Waals surface area contributed by atoms with Crippen molar-refractivity contribution < 1.29 is 9.53 Å². The van der Waals surface area contributed by atoms with E-state index in [9.17, 15) is 4.79 Å². The van der Waals surface area contributed by atoms with Gasteiger partial charge in [0, 0.05) is 0 Å². The molecule has 0 atom stereocenters. The highest BCUT2D eigenvalue weighted by Crippen LogP contribution is 2.02. The third-order valence-corrected chi connectivity index (χ3v) is 2.03. The predicted octanol–water partition coefficient (Wildman–Crippen LogP) is 3.38. The lowest BCUT2D eigenvalue weighted by atomic mass is 10.2. The molecular formula is C15H16O2. The van der Waals surface area contributed by atoms with E-state index in [0.29, 0.717) is 12.2 Å². The third-order valence-electron chi connectivity index (χ3n) is 2.03. The largest absolute Gasteiger partial charge is 0.462 e. The summed E-state index contributed by atoms with van der Waals surface area (Å²) in [5.41, 5.74) is 1.46. The molecule has 1 aromatic rings. The van der Waals surface area contributed by atoms with Crippen molar-refractivity contribution in [2.24, 2.45) is 0 Å². The van der Waals surface area contributed by atoms with E-state index < -0.39 is 0 Å². The molecule has 0 saturated carbocycles. The summed E-state index contributed by atoms with van der Waals surface area (Å²) in [5, 5.41) is 0. The number of carbonyl (C=O) groups excluding carboxylic acids is 1. The van der Waals surface area contributed by atoms with E-state index in [-0.39, 0.29) is 5.97 Å². The molecule has 0 bridgehead atoms. The fourth-order valence-electron chi connectivity index (χ4n) is 1.19. The van der Waals surface area contributed by atoms with Crippen LogP contribution in [0.5, 0.6) is 0 Å². The maximum Gasteiger partial charge on any atom is 0.337 e. The first-order valence-electron chi connectivity index (χ1n) is 5.50. The molecule has 1 aromatic carbocycles. The van der Waals surface area contributed by atoms with Gasteiger partial charge in [-0.2, -0.15) is 0 Å². The minimum absolute atomic E-state index is 0.351. The quantitative estimate of drug-likeness (QED) is 0.439. The van der Waals surface area contributed by atoms with Gasteiger partial charge in [-0.25, -0.2) is 4.79 Å². The summed E-state index contributed by atoms with van der Waals surface area (Å²) in [7, 11) is 0. The highest BCUT2D eigenvalue weighted by Gasteiger charge is 2.01. The highest BCUT2D eigenvalue weighted by atomic mass is 16.5. The fourth-order valence-corrected chi connectivity index (χ4v) is 1.19. The number of hydrogen-bond donors (Lipinski definition) is 0. The lowest BCUT2D eigenvalue weighted by molar-refractivity contribution is -0.138. The SMILES string of the molecule is C=C(C=CC=Cc1ccccc1)C(=O)OCC. The van der Waals surface area contributed by atoms with Crippen LogP contribution < -0.4 is 0 Å². The molecule has 0 heterocycles. The van der Waals surface area contributed by atoms with Crippen LogP contribution in [-0.4, -0.2) is 12.6 Å². The van der Waals surface area contributed by atoms with Crippen LogP contribution in [0.1, 0.15) is 12.5 Å². The van der Waals surface area contributed by atoms with Crippen molar-refractivity contribution in [3.63, 3.8) is 0 Å². The first kappa shape index (κ1) is 13.0. The van der Waals surface area contributed by atoms with Crippen LogP contribution in [0.15, 0.2) is 60.7 Å². The van der Waals surface area contributed by atoms with Crippen molar-refractivity contribution in [3.05, 3.63) is 66.3 Å². The van der Waals surface area contributed by atoms with Crippen LogP contribution in [0.25, 0.3) is 6.08 Å². The van der Waals surface area contributed by atoms with Gasteiger partial charge in [-0.1, -0.05) is 55.1 Å². The third kappa shape index (κ3) is 4.98. The smallest absolute Gasteiger partial charge is 0.337 e. The van der Waals surface area contributed by atoms with E-state index >= 15 is 0 Å². The van der Waals surface area contributed by atoms with Crippen molar-refractivity contribution in [2.75, 3.05) is 6.61 Å². The summed E-state index contributed by atoms with van der Waals surface area (Å²) < 4.78 is 4.81. The molecule has 2 heteroatoms. The Balaban J connectivity index is 2.48. The molecule has 88 valence electrons. The summed E-state index contributed by atoms with van der Waals surface area (Å²) in [5.74, 6) is -0.378. The van der Waals surface area contributed by atoms with Crippen LogP contribution in [0, 0.1) is 0 Å². The molecule has 17 heavy (non-hydrogen) atoms. The minimum atomic E-state index is -0.378. The van der Waals surface area contributed by atoms with Gasteiger partial charge in [0.2, 0.25) is 0 Å². The summed E-state index contributed by atoms with van der Waals surface area (Å²) in [6.45, 7) is 5.76. The van der Waals surface area contributed by atoms with E-state index in [4.69, 9.17) is 4.74 Å². The molecule has 0 N–H and O–H groups in total. The molecule has 0 amide bonds. The number of rotatable bonds is 5. The lowest BCUT2D eigenvalue weighted by Crippen LogP contribution is -2.04. The summed E-state index contributed by atoms with van der Waals surface area (Å²) in [6, 6.07) is 9.92. The lowest BCUT2D eigenvalue weighted by Gasteiger charge is -1.98. The number of esters is 1. The van der Waals surface area contributed by atoms with Crippen molar-refractivity contribution in [2.45, 2.75) is 6.92 Å². The molecule has 0 aliphatic heterocycles. The van der Waals surface area contributed by atoms with E-state index in [1.165, 1.54) is 0 Å². The van der Waals surface area contributed by atoms with Gasteiger partial charge < -0.3 is 4.74 Å². The molecule has 0 aliphatic carbocycles. The molecule has 0 aromatic heterocycles. The van der Waals surface area contributed by atoms with Gasteiger partial charge in [-0.3, -0.25) is 0 Å². The van der Waals surface area contributed by atoms with Gasteiger partial charge in [-0.15, -0.1) is 0 Å². The molecule has 2 nitrogen and oxygen atoms in total. The molecule has 0 spiro atoms. The molecule has 0 radical (unpaired) electrons. The Morgan fingerprint density at radius 1 is 1.29 bits per heavy atom. The van der Waals surface area contributed by atoms with Crippen LogP contribution in [-0.2, 0) is 9.53 Å². The number of ether oxygens (including phenoxy) is 1. The topological polar surface area (TPSA) is 26.3 Å². The zero-order valence-corrected chi connectivity index (χ0v) is 9.93. The number of carbonyl (C=O) groups is 1. The molecule has 0 fully saturated rings. The first-order valence-corrected chi connectivity index (χ1v) is 5.50. The van der Waals surface area contributed by atoms with Gasteiger partial charge in [0.05, 0.1) is 12.2 Å². The standard InChI is InChI=1S/C15H16O2/c1-3-17-15(16)13(2)9-7-8-12-14-10-5-4-6-11-14/h4-12H,2-3H2,1H3. The van der Waals surface area contributed by atoms with Crippen LogP contribution in [0.4, 0.5) is 0 Å². The van der Waals surface area contributed by atoms with E-state index in [1.54, 1.807) is 19.1 Å². The van der Waals surface area contributed by atoms with Gasteiger partial charge in [0.1, 0.15) is 0 Å². The molecule has 0 unspecified atom stereocenters. The number of allylic oxidation sites excluding steroid dienone is 2. The van der Waals surface area contributed by atoms with E-state index in [2.05, 4.69) is 6.58 Å². The van der Waals surface area contributed by atoms with Gasteiger partial charge >= 0.3 is 5.97 Å². The molecule has 0 aliphatic rings. The van der Waals surface area contributed by atoms with Gasteiger partial charge in [-0.05, 0) is 18.6 Å². The van der Waals surface area contributed by atoms with E-state index in [0.717, 1.165) is 5.56 Å². The first-order chi connectivity index (χ1) is 8.24. The second-order valence-electron chi connectivity index (χ2n) is 3.37. The average molecular weight is 228 g/mol. The van der Waals surface area contributed by atoms with Gasteiger partial charge in [0.25, 0.3) is 0 Å². The van der Waals surface area contributed by atoms with Crippen molar-refractivity contribution >= 4 is 12.0 Å². The summed E-state index contributed by atoms with van der Waals surface area (Å²) in [4.78, 5) is 11.2. The zero-order valence-electron chi connectivity index (χ0n) is 9.93. The molecular weight excluding hydrogens is 212 g/mol. The Labute approximate surface area is 102 Å². The second kappa shape index (κ2) is 7.23. The normalized spacial score (nSPS) is 10.9. The number of hydrogen-bond acceptors (Lipinski definition) is 2. The van der Waals surface area contributed by atoms with Crippen LogP contribution in [0.3, 0.4) is 0 Å². The predicted molar refractivity (Wildman–Crippen MR) is 70.4 cm³/mol. The fraction of sp³-hybridized carbons (Fsp3) is 0.133. The van der Waals surface area contributed by atoms with Gasteiger partial charge in [0.15, 0.2) is 0 Å². The Bertz CT molecular complexity index is 427. The number of benzene rings is 1. The summed E-state index contributed by atoms with van der Waals surface area (Å²) in [6.07, 6.45) is 7.22. The Morgan fingerprint density at radius 2 is 2.00 bits per heavy atom. The maximum atomic E-state index is 11.2. The average Bonchev–Trinajstić information content (AvgIpc) is 2.36. The Kier molecular flexibility index (Phi) is 5.52. The Hall–Kier alpha value is -2.09. The maximum absolute atomic E-state index is 11.2. The molecule has 1 rings (SSSR count). The molecule has 0 saturated heterocycles. The second-order valence-corrected chi connectivity index (χ2v) is 3.37. The highest BCUT2D eigenvalue weighted by molar-refractivity contribution is 5.90. The van der Waals surface area contributed by atoms with E-state index in [1.807, 2.05) is 42.5 Å². The zero-order chi connectivity index (χ0) is 12.5. The minimum Gasteiger partial charge on any atom is -0.462 e. The van der Waals surface area contributed by atoms with Crippen LogP contribution >= 0.6 is 0 Å². The van der Waals surface area contributed by atoms with Crippen molar-refractivity contribution in [3.8, 4) is 0 Å². The van der Waals surface area contributed by atoms with Crippen LogP contribution in [0.2, 0.25) is 0 Å². The summed E-state index contributed by atoms with van der Waals surface area (Å²) >= 11 is 0.